The summed E-state index contributed by atoms with van der Waals surface area (Å²) in [6, 6.07) is 0. The normalized spacial score (nSPS) is 20.2. The standard InChI is InChI=1S/C12H23NO3/c1-4-11(14)12(15)13-7-5-10(6-8-13)16-9(2)3/h9-11,14H,4-8H2,1-3H3/t11-/m1/s1. The highest BCUT2D eigenvalue weighted by Crippen LogP contribution is 2.16. The Hall–Kier alpha value is -0.610. The van der Waals surface area contributed by atoms with Gasteiger partial charge in [0.15, 0.2) is 0 Å². The van der Waals surface area contributed by atoms with Crippen molar-refractivity contribution >= 4 is 5.91 Å². The van der Waals surface area contributed by atoms with Crippen LogP contribution in [0.5, 0.6) is 0 Å². The van der Waals surface area contributed by atoms with Crippen LogP contribution in [0.3, 0.4) is 0 Å². The topological polar surface area (TPSA) is 49.8 Å². The minimum atomic E-state index is -0.831. The minimum absolute atomic E-state index is 0.134. The van der Waals surface area contributed by atoms with E-state index in [4.69, 9.17) is 4.74 Å². The predicted octanol–water partition coefficient (Wildman–Crippen LogP) is 1.17. The molecule has 4 heteroatoms. The Kier molecular flexibility index (Phi) is 5.22. The van der Waals surface area contributed by atoms with Gasteiger partial charge in [-0.15, -0.1) is 0 Å². The van der Waals surface area contributed by atoms with Crippen LogP contribution < -0.4 is 0 Å². The van der Waals surface area contributed by atoms with E-state index >= 15 is 0 Å². The van der Waals surface area contributed by atoms with Gasteiger partial charge in [-0.1, -0.05) is 6.92 Å². The van der Waals surface area contributed by atoms with Gasteiger partial charge in [-0.25, -0.2) is 0 Å². The third-order valence-corrected chi connectivity index (χ3v) is 2.89. The van der Waals surface area contributed by atoms with Gasteiger partial charge in [0, 0.05) is 13.1 Å². The Morgan fingerprint density at radius 2 is 2.00 bits per heavy atom. The Morgan fingerprint density at radius 3 is 2.44 bits per heavy atom. The van der Waals surface area contributed by atoms with E-state index in [0.29, 0.717) is 19.5 Å². The molecule has 16 heavy (non-hydrogen) atoms. The summed E-state index contributed by atoms with van der Waals surface area (Å²) < 4.78 is 5.71. The first-order valence-electron chi connectivity index (χ1n) is 6.17. The lowest BCUT2D eigenvalue weighted by atomic mass is 10.1. The maximum Gasteiger partial charge on any atom is 0.251 e. The highest BCUT2D eigenvalue weighted by molar-refractivity contribution is 5.80. The first kappa shape index (κ1) is 13.5. The quantitative estimate of drug-likeness (QED) is 0.787. The first-order chi connectivity index (χ1) is 7.54. The molecule has 94 valence electrons. The van der Waals surface area contributed by atoms with E-state index < -0.39 is 6.10 Å². The smallest absolute Gasteiger partial charge is 0.251 e. The lowest BCUT2D eigenvalue weighted by Gasteiger charge is -2.33. The molecule has 0 aliphatic carbocycles. The highest BCUT2D eigenvalue weighted by Gasteiger charge is 2.26. The molecule has 0 spiro atoms. The van der Waals surface area contributed by atoms with E-state index in [1.54, 1.807) is 4.90 Å². The zero-order valence-corrected chi connectivity index (χ0v) is 10.5. The van der Waals surface area contributed by atoms with Gasteiger partial charge in [0.05, 0.1) is 12.2 Å². The molecule has 1 N–H and O–H groups in total. The number of likely N-dealkylation sites (tertiary alicyclic amines) is 1. The largest absolute Gasteiger partial charge is 0.383 e. The summed E-state index contributed by atoms with van der Waals surface area (Å²) in [7, 11) is 0. The third kappa shape index (κ3) is 3.76. The summed E-state index contributed by atoms with van der Waals surface area (Å²) in [6.07, 6.45) is 1.92. The molecule has 4 nitrogen and oxygen atoms in total. The summed E-state index contributed by atoms with van der Waals surface area (Å²) in [5.74, 6) is -0.134. The molecule has 1 saturated heterocycles. The second-order valence-corrected chi connectivity index (χ2v) is 4.63. The van der Waals surface area contributed by atoms with Gasteiger partial charge in [0.2, 0.25) is 0 Å². The third-order valence-electron chi connectivity index (χ3n) is 2.89. The molecule has 1 aliphatic rings. The number of rotatable bonds is 4. The number of amides is 1. The number of hydrogen-bond donors (Lipinski definition) is 1. The Labute approximate surface area is 97.6 Å². The predicted molar refractivity (Wildman–Crippen MR) is 62.1 cm³/mol. The second kappa shape index (κ2) is 6.21. The van der Waals surface area contributed by atoms with Gasteiger partial charge in [0.25, 0.3) is 5.91 Å². The average molecular weight is 229 g/mol. The number of nitrogens with zero attached hydrogens (tertiary/aromatic N) is 1. The van der Waals surface area contributed by atoms with Crippen molar-refractivity contribution in [3.05, 3.63) is 0 Å². The summed E-state index contributed by atoms with van der Waals surface area (Å²) in [5, 5.41) is 9.47. The highest BCUT2D eigenvalue weighted by atomic mass is 16.5. The Balaban J connectivity index is 2.34. The van der Waals surface area contributed by atoms with Crippen LogP contribution >= 0.6 is 0 Å². The number of ether oxygens (including phenoxy) is 1. The molecule has 1 amide bonds. The summed E-state index contributed by atoms with van der Waals surface area (Å²) in [6.45, 7) is 7.27. The van der Waals surface area contributed by atoms with Crippen LogP contribution in [-0.2, 0) is 9.53 Å². The molecule has 0 aromatic heterocycles. The summed E-state index contributed by atoms with van der Waals surface area (Å²) in [4.78, 5) is 13.4. The molecule has 0 unspecified atom stereocenters. The molecule has 0 radical (unpaired) electrons. The SMILES string of the molecule is CC[C@@H](O)C(=O)N1CCC(OC(C)C)CC1. The molecular formula is C12H23NO3. The molecule has 1 rings (SSSR count). The lowest BCUT2D eigenvalue weighted by molar-refractivity contribution is -0.143. The van der Waals surface area contributed by atoms with Gasteiger partial charge >= 0.3 is 0 Å². The van der Waals surface area contributed by atoms with Crippen LogP contribution in [0.2, 0.25) is 0 Å². The first-order valence-corrected chi connectivity index (χ1v) is 6.17. The van der Waals surface area contributed by atoms with E-state index in [1.165, 1.54) is 0 Å². The molecule has 1 fully saturated rings. The van der Waals surface area contributed by atoms with Crippen LogP contribution in [0.1, 0.15) is 40.0 Å². The van der Waals surface area contributed by atoms with E-state index in [1.807, 2.05) is 20.8 Å². The Bertz CT molecular complexity index is 222. The van der Waals surface area contributed by atoms with Crippen LogP contribution in [0.15, 0.2) is 0 Å². The number of piperidine rings is 1. The molecule has 0 saturated carbocycles. The van der Waals surface area contributed by atoms with E-state index in [-0.39, 0.29) is 18.1 Å². The molecule has 0 aromatic rings. The maximum atomic E-state index is 11.7. The monoisotopic (exact) mass is 229 g/mol. The van der Waals surface area contributed by atoms with Gasteiger partial charge in [-0.3, -0.25) is 4.79 Å². The average Bonchev–Trinajstić information content (AvgIpc) is 2.27. The second-order valence-electron chi connectivity index (χ2n) is 4.63. The van der Waals surface area contributed by atoms with Crippen molar-refractivity contribution in [3.8, 4) is 0 Å². The van der Waals surface area contributed by atoms with E-state index in [9.17, 15) is 9.90 Å². The van der Waals surface area contributed by atoms with E-state index in [0.717, 1.165) is 12.8 Å². The van der Waals surface area contributed by atoms with Gasteiger partial charge in [0.1, 0.15) is 6.10 Å². The van der Waals surface area contributed by atoms with E-state index in [2.05, 4.69) is 0 Å². The van der Waals surface area contributed by atoms with Crippen molar-refractivity contribution in [1.82, 2.24) is 4.90 Å². The zero-order chi connectivity index (χ0) is 12.1. The molecule has 1 aliphatic heterocycles. The zero-order valence-electron chi connectivity index (χ0n) is 10.5. The number of carbonyl (C=O) groups is 1. The van der Waals surface area contributed by atoms with Crippen LogP contribution in [0.4, 0.5) is 0 Å². The van der Waals surface area contributed by atoms with Crippen molar-refractivity contribution in [2.24, 2.45) is 0 Å². The molecule has 0 aromatic carbocycles. The fraction of sp³-hybridized carbons (Fsp3) is 0.917. The molecule has 1 heterocycles. The summed E-state index contributed by atoms with van der Waals surface area (Å²) in [5.41, 5.74) is 0. The van der Waals surface area contributed by atoms with Crippen molar-refractivity contribution < 1.29 is 14.6 Å². The van der Waals surface area contributed by atoms with Crippen LogP contribution in [0.25, 0.3) is 0 Å². The van der Waals surface area contributed by atoms with Crippen LogP contribution in [0, 0.1) is 0 Å². The number of aliphatic hydroxyl groups excluding tert-OH is 1. The van der Waals surface area contributed by atoms with Crippen molar-refractivity contribution in [1.29, 1.82) is 0 Å². The fourth-order valence-electron chi connectivity index (χ4n) is 1.98. The number of carbonyl (C=O) groups excluding carboxylic acids is 1. The number of aliphatic hydroxyl groups is 1. The summed E-state index contributed by atoms with van der Waals surface area (Å²) >= 11 is 0. The lowest BCUT2D eigenvalue weighted by Crippen LogP contribution is -2.45. The van der Waals surface area contributed by atoms with Gasteiger partial charge in [-0.05, 0) is 33.1 Å². The van der Waals surface area contributed by atoms with Gasteiger partial charge < -0.3 is 14.7 Å². The number of hydrogen-bond acceptors (Lipinski definition) is 3. The minimum Gasteiger partial charge on any atom is -0.383 e. The van der Waals surface area contributed by atoms with Crippen molar-refractivity contribution in [2.45, 2.75) is 58.3 Å². The van der Waals surface area contributed by atoms with Crippen molar-refractivity contribution in [2.75, 3.05) is 13.1 Å². The maximum absolute atomic E-state index is 11.7. The van der Waals surface area contributed by atoms with Crippen molar-refractivity contribution in [3.63, 3.8) is 0 Å². The molecular weight excluding hydrogens is 206 g/mol. The molecule has 1 atom stereocenters. The molecule has 0 bridgehead atoms. The fourth-order valence-corrected chi connectivity index (χ4v) is 1.98. The van der Waals surface area contributed by atoms with Gasteiger partial charge in [-0.2, -0.15) is 0 Å². The van der Waals surface area contributed by atoms with Crippen LogP contribution in [-0.4, -0.2) is 47.3 Å². The Morgan fingerprint density at radius 1 is 1.44 bits per heavy atom.